The molecule has 7 nitrogen and oxygen atoms in total. The third kappa shape index (κ3) is 10.1. The SMILES string of the molecule is CCCOc1ccc(C(CN2C=CN(CCCOOc3cc(C)ccc3C(C)C)C2)OCCc2ccc(C#N)cc2)cc1. The van der Waals surface area contributed by atoms with Gasteiger partial charge >= 0.3 is 0 Å². The second-order valence-corrected chi connectivity index (χ2v) is 11.3. The van der Waals surface area contributed by atoms with E-state index in [9.17, 15) is 0 Å². The normalized spacial score (nSPS) is 13.4. The molecule has 0 N–H and O–H groups in total. The Labute approximate surface area is 257 Å². The highest BCUT2D eigenvalue weighted by Gasteiger charge is 2.20. The lowest BCUT2D eigenvalue weighted by Crippen LogP contribution is -2.30. The molecular formula is C36H45N3O4. The van der Waals surface area contributed by atoms with Gasteiger partial charge in [-0.2, -0.15) is 10.1 Å². The van der Waals surface area contributed by atoms with E-state index in [0.29, 0.717) is 31.3 Å². The summed E-state index contributed by atoms with van der Waals surface area (Å²) in [6.07, 6.45) is 6.79. The van der Waals surface area contributed by atoms with Crippen molar-refractivity contribution < 1.29 is 19.2 Å². The molecule has 0 amide bonds. The summed E-state index contributed by atoms with van der Waals surface area (Å²) in [7, 11) is 0. The second kappa shape index (κ2) is 16.6. The van der Waals surface area contributed by atoms with Gasteiger partial charge in [-0.15, -0.1) is 0 Å². The maximum atomic E-state index is 9.06. The third-order valence-electron chi connectivity index (χ3n) is 7.38. The summed E-state index contributed by atoms with van der Waals surface area (Å²) in [4.78, 5) is 15.9. The molecule has 0 fully saturated rings. The fourth-order valence-corrected chi connectivity index (χ4v) is 4.93. The monoisotopic (exact) mass is 583 g/mol. The highest BCUT2D eigenvalue weighted by atomic mass is 17.2. The lowest BCUT2D eigenvalue weighted by atomic mass is 10.0. The molecule has 1 aliphatic heterocycles. The molecule has 0 saturated heterocycles. The average molecular weight is 584 g/mol. The molecule has 1 aliphatic rings. The first-order valence-corrected chi connectivity index (χ1v) is 15.3. The zero-order valence-electron chi connectivity index (χ0n) is 26.0. The number of hydrogen-bond donors (Lipinski definition) is 0. The van der Waals surface area contributed by atoms with E-state index in [1.165, 1.54) is 0 Å². The topological polar surface area (TPSA) is 67.2 Å². The molecule has 1 atom stereocenters. The molecule has 4 rings (SSSR count). The van der Waals surface area contributed by atoms with Crippen molar-refractivity contribution in [2.24, 2.45) is 0 Å². The Balaban J connectivity index is 1.26. The van der Waals surface area contributed by atoms with Gasteiger partial charge < -0.3 is 24.2 Å². The Morgan fingerprint density at radius 1 is 0.907 bits per heavy atom. The van der Waals surface area contributed by atoms with Gasteiger partial charge in [-0.25, -0.2) is 0 Å². The summed E-state index contributed by atoms with van der Waals surface area (Å²) in [5.74, 6) is 2.05. The lowest BCUT2D eigenvalue weighted by molar-refractivity contribution is -0.208. The first-order valence-electron chi connectivity index (χ1n) is 15.3. The van der Waals surface area contributed by atoms with Gasteiger partial charge in [-0.1, -0.05) is 57.2 Å². The fourth-order valence-electron chi connectivity index (χ4n) is 4.93. The zero-order chi connectivity index (χ0) is 30.4. The first kappa shape index (κ1) is 31.9. The zero-order valence-corrected chi connectivity index (χ0v) is 26.0. The third-order valence-corrected chi connectivity index (χ3v) is 7.38. The first-order chi connectivity index (χ1) is 20.9. The van der Waals surface area contributed by atoms with Crippen molar-refractivity contribution in [2.45, 2.75) is 59.0 Å². The van der Waals surface area contributed by atoms with E-state index in [0.717, 1.165) is 72.8 Å². The van der Waals surface area contributed by atoms with Gasteiger partial charge in [0.15, 0.2) is 5.75 Å². The van der Waals surface area contributed by atoms with Crippen molar-refractivity contribution in [1.82, 2.24) is 9.80 Å². The molecule has 3 aromatic carbocycles. The largest absolute Gasteiger partial charge is 0.494 e. The van der Waals surface area contributed by atoms with Crippen LogP contribution in [-0.4, -0.2) is 49.4 Å². The van der Waals surface area contributed by atoms with Crippen LogP contribution in [-0.2, 0) is 16.0 Å². The van der Waals surface area contributed by atoms with Gasteiger partial charge in [0.1, 0.15) is 5.75 Å². The van der Waals surface area contributed by atoms with E-state index >= 15 is 0 Å². The van der Waals surface area contributed by atoms with Crippen molar-refractivity contribution in [2.75, 3.05) is 39.6 Å². The molecule has 0 aromatic heterocycles. The molecule has 1 heterocycles. The molecule has 7 heteroatoms. The minimum Gasteiger partial charge on any atom is -0.494 e. The van der Waals surface area contributed by atoms with Crippen LogP contribution in [0.2, 0.25) is 0 Å². The van der Waals surface area contributed by atoms with Crippen LogP contribution in [0.15, 0.2) is 79.1 Å². The number of ether oxygens (including phenoxy) is 2. The van der Waals surface area contributed by atoms with Gasteiger partial charge in [0.05, 0.1) is 44.2 Å². The maximum Gasteiger partial charge on any atom is 0.169 e. The Morgan fingerprint density at radius 2 is 1.67 bits per heavy atom. The Bertz CT molecular complexity index is 1330. The highest BCUT2D eigenvalue weighted by molar-refractivity contribution is 5.38. The fraction of sp³-hybridized carbons (Fsp3) is 0.417. The molecule has 0 radical (unpaired) electrons. The number of rotatable bonds is 17. The number of hydrogen-bond acceptors (Lipinski definition) is 7. The van der Waals surface area contributed by atoms with Gasteiger partial charge in [0, 0.05) is 31.1 Å². The van der Waals surface area contributed by atoms with Crippen LogP contribution in [0.4, 0.5) is 0 Å². The van der Waals surface area contributed by atoms with Crippen LogP contribution in [0.1, 0.15) is 73.5 Å². The molecule has 43 heavy (non-hydrogen) atoms. The minimum atomic E-state index is -0.0931. The van der Waals surface area contributed by atoms with E-state index in [1.54, 1.807) is 0 Å². The van der Waals surface area contributed by atoms with Gasteiger partial charge in [-0.3, -0.25) is 0 Å². The van der Waals surface area contributed by atoms with Gasteiger partial charge in [0.2, 0.25) is 0 Å². The van der Waals surface area contributed by atoms with Crippen molar-refractivity contribution in [3.63, 3.8) is 0 Å². The average Bonchev–Trinajstić information content (AvgIpc) is 3.47. The van der Waals surface area contributed by atoms with E-state index in [2.05, 4.69) is 80.2 Å². The summed E-state index contributed by atoms with van der Waals surface area (Å²) in [5, 5.41) is 9.06. The number of benzene rings is 3. The molecule has 0 aliphatic carbocycles. The van der Waals surface area contributed by atoms with Crippen molar-refractivity contribution in [3.8, 4) is 17.6 Å². The van der Waals surface area contributed by atoms with Crippen molar-refractivity contribution >= 4 is 0 Å². The summed E-state index contributed by atoms with van der Waals surface area (Å²) in [6.45, 7) is 12.7. The van der Waals surface area contributed by atoms with Gasteiger partial charge in [0.25, 0.3) is 0 Å². The van der Waals surface area contributed by atoms with Crippen LogP contribution in [0, 0.1) is 18.3 Å². The summed E-state index contributed by atoms with van der Waals surface area (Å²) < 4.78 is 12.2. The number of aryl methyl sites for hydroxylation is 1. The predicted octanol–water partition coefficient (Wildman–Crippen LogP) is 7.53. The minimum absolute atomic E-state index is 0.0931. The van der Waals surface area contributed by atoms with Gasteiger partial charge in [-0.05, 0) is 79.1 Å². The maximum absolute atomic E-state index is 9.06. The number of nitriles is 1. The Hall–Kier alpha value is -3.99. The summed E-state index contributed by atoms with van der Waals surface area (Å²) in [6, 6.07) is 24.4. The van der Waals surface area contributed by atoms with E-state index < -0.39 is 0 Å². The van der Waals surface area contributed by atoms with E-state index in [-0.39, 0.29) is 6.10 Å². The second-order valence-electron chi connectivity index (χ2n) is 11.3. The standard InChI is InChI=1S/C36H45N3O4/c1-5-21-40-33-14-12-32(13-15-33)36(41-23-17-30-8-10-31(25-37)11-9-30)26-39-20-19-38(27-39)18-6-22-42-43-35-24-29(4)7-16-34(35)28(2)3/h7-16,19-20,24,28,36H,5-6,17-18,21-23,26-27H2,1-4H3. The molecule has 0 bridgehead atoms. The quantitative estimate of drug-likeness (QED) is 0.0925. The van der Waals surface area contributed by atoms with E-state index in [4.69, 9.17) is 24.5 Å². The van der Waals surface area contributed by atoms with Crippen LogP contribution in [0.5, 0.6) is 11.5 Å². The molecule has 228 valence electrons. The van der Waals surface area contributed by atoms with Crippen LogP contribution < -0.4 is 9.62 Å². The van der Waals surface area contributed by atoms with Crippen molar-refractivity contribution in [3.05, 3.63) is 107 Å². The highest BCUT2D eigenvalue weighted by Crippen LogP contribution is 2.28. The van der Waals surface area contributed by atoms with E-state index in [1.807, 2.05) is 42.5 Å². The molecule has 3 aromatic rings. The molecule has 0 spiro atoms. The molecule has 0 saturated carbocycles. The van der Waals surface area contributed by atoms with Crippen molar-refractivity contribution in [1.29, 1.82) is 5.26 Å². The Morgan fingerprint density at radius 3 is 2.40 bits per heavy atom. The number of nitrogens with zero attached hydrogens (tertiary/aromatic N) is 3. The molecular weight excluding hydrogens is 538 g/mol. The Kier molecular flexibility index (Phi) is 12.3. The molecule has 1 unspecified atom stereocenters. The lowest BCUT2D eigenvalue weighted by Gasteiger charge is -2.26. The van der Waals surface area contributed by atoms with Crippen LogP contribution >= 0.6 is 0 Å². The smallest absolute Gasteiger partial charge is 0.169 e. The summed E-state index contributed by atoms with van der Waals surface area (Å²) >= 11 is 0. The van der Waals surface area contributed by atoms with Crippen LogP contribution in [0.3, 0.4) is 0 Å². The summed E-state index contributed by atoms with van der Waals surface area (Å²) in [5.41, 5.74) is 5.26. The predicted molar refractivity (Wildman–Crippen MR) is 170 cm³/mol. The van der Waals surface area contributed by atoms with Crippen LogP contribution in [0.25, 0.3) is 0 Å².